The molecule has 6 nitrogen and oxygen atoms in total. The van der Waals surface area contributed by atoms with Crippen molar-refractivity contribution in [3.8, 4) is 0 Å². The summed E-state index contributed by atoms with van der Waals surface area (Å²) in [6, 6.07) is 28.8. The van der Waals surface area contributed by atoms with Crippen LogP contribution in [0.15, 0.2) is 97.3 Å². The number of nitrogens with zero attached hydrogens (tertiary/aromatic N) is 3. The fourth-order valence-corrected chi connectivity index (χ4v) is 4.81. The number of methoxy groups -OCH3 is 1. The number of ether oxygens (including phenoxy) is 1. The molecule has 0 unspecified atom stereocenters. The first-order valence-electron chi connectivity index (χ1n) is 11.7. The van der Waals surface area contributed by atoms with Crippen LogP contribution in [-0.2, 0) is 33.8 Å². The van der Waals surface area contributed by atoms with Gasteiger partial charge in [-0.15, -0.1) is 0 Å². The fourth-order valence-electron chi connectivity index (χ4n) is 4.81. The van der Waals surface area contributed by atoms with Crippen LogP contribution in [0.1, 0.15) is 34.0 Å². The molecule has 176 valence electrons. The second-order valence-corrected chi connectivity index (χ2v) is 8.72. The van der Waals surface area contributed by atoms with Crippen LogP contribution in [0.2, 0.25) is 0 Å². The van der Waals surface area contributed by atoms with E-state index in [2.05, 4.69) is 21.7 Å². The summed E-state index contributed by atoms with van der Waals surface area (Å²) in [4.78, 5) is 33.3. The molecule has 4 aromatic rings. The topological polar surface area (TPSA) is 64.4 Å². The van der Waals surface area contributed by atoms with Gasteiger partial charge in [-0.25, -0.2) is 9.78 Å². The lowest BCUT2D eigenvalue weighted by Crippen LogP contribution is -2.51. The van der Waals surface area contributed by atoms with Crippen molar-refractivity contribution in [1.29, 1.82) is 0 Å². The third-order valence-electron chi connectivity index (χ3n) is 6.58. The molecule has 0 fully saturated rings. The van der Waals surface area contributed by atoms with Crippen molar-refractivity contribution in [2.75, 3.05) is 7.11 Å². The Morgan fingerprint density at radius 1 is 0.914 bits per heavy atom. The number of hydrogen-bond donors (Lipinski definition) is 0. The Hall–Kier alpha value is -4.19. The Labute approximate surface area is 204 Å². The van der Waals surface area contributed by atoms with E-state index in [1.165, 1.54) is 7.11 Å². The van der Waals surface area contributed by atoms with Gasteiger partial charge in [0.2, 0.25) is 5.91 Å². The van der Waals surface area contributed by atoms with E-state index >= 15 is 0 Å². The molecule has 1 aliphatic heterocycles. The molecule has 2 heterocycles. The number of rotatable bonds is 6. The molecule has 6 heteroatoms. The molecule has 1 aromatic heterocycles. The first-order valence-corrected chi connectivity index (χ1v) is 11.7. The Morgan fingerprint density at radius 3 is 2.06 bits per heavy atom. The quantitative estimate of drug-likeness (QED) is 0.401. The summed E-state index contributed by atoms with van der Waals surface area (Å²) in [5.74, 6) is -1.09. The van der Waals surface area contributed by atoms with E-state index in [4.69, 9.17) is 4.74 Å². The third-order valence-corrected chi connectivity index (χ3v) is 6.58. The molecular weight excluding hydrogens is 438 g/mol. The highest BCUT2D eigenvalue weighted by atomic mass is 16.5. The van der Waals surface area contributed by atoms with Crippen LogP contribution < -0.4 is 0 Å². The van der Waals surface area contributed by atoms with Crippen molar-refractivity contribution in [3.05, 3.63) is 125 Å². The van der Waals surface area contributed by atoms with Gasteiger partial charge in [0.05, 0.1) is 31.6 Å². The predicted molar refractivity (Wildman–Crippen MR) is 133 cm³/mol. The number of benzene rings is 3. The first kappa shape index (κ1) is 22.6. The maximum atomic E-state index is 14.1. The van der Waals surface area contributed by atoms with Crippen molar-refractivity contribution in [2.45, 2.75) is 31.5 Å². The average molecular weight is 466 g/mol. The summed E-state index contributed by atoms with van der Waals surface area (Å²) < 4.78 is 7.21. The summed E-state index contributed by atoms with van der Waals surface area (Å²) in [6.45, 7) is 0.910. The number of fused-ring (bicyclic) bond motifs is 1. The summed E-state index contributed by atoms with van der Waals surface area (Å²) in [5, 5.41) is 0. The molecular formula is C29H27N3O3. The van der Waals surface area contributed by atoms with Crippen LogP contribution in [0.3, 0.4) is 0 Å². The van der Waals surface area contributed by atoms with Crippen molar-refractivity contribution in [2.24, 2.45) is 0 Å². The summed E-state index contributed by atoms with van der Waals surface area (Å²) in [5.41, 5.74) is 4.69. The summed E-state index contributed by atoms with van der Waals surface area (Å²) in [7, 11) is 1.37. The Morgan fingerprint density at radius 2 is 1.49 bits per heavy atom. The minimum atomic E-state index is -0.721. The zero-order valence-corrected chi connectivity index (χ0v) is 19.6. The first-order chi connectivity index (χ1) is 17.2. The SMILES string of the molecule is COC(=O)[C@H]1Cc2c(ncn2Cc2ccccc2)CN1C(=O)C(c1ccccc1)c1ccccc1. The highest BCUT2D eigenvalue weighted by molar-refractivity contribution is 5.91. The lowest BCUT2D eigenvalue weighted by Gasteiger charge is -2.36. The Kier molecular flexibility index (Phi) is 6.44. The lowest BCUT2D eigenvalue weighted by molar-refractivity contribution is -0.154. The van der Waals surface area contributed by atoms with Gasteiger partial charge in [0.25, 0.3) is 0 Å². The van der Waals surface area contributed by atoms with Gasteiger partial charge in [-0.1, -0.05) is 91.0 Å². The number of esters is 1. The van der Waals surface area contributed by atoms with Crippen LogP contribution in [0.5, 0.6) is 0 Å². The number of aromatic nitrogens is 2. The standard InChI is InChI=1S/C29H27N3O3/c1-35-29(34)26-17-25-24(30-20-31(25)18-21-11-5-2-6-12-21)19-32(26)28(33)27(22-13-7-3-8-14-22)23-15-9-4-10-16-23/h2-16,20,26-27H,17-19H2,1H3/t26-/m1/s1. The van der Waals surface area contributed by atoms with Gasteiger partial charge >= 0.3 is 5.97 Å². The van der Waals surface area contributed by atoms with Crippen LogP contribution in [0, 0.1) is 0 Å². The van der Waals surface area contributed by atoms with Crippen molar-refractivity contribution in [1.82, 2.24) is 14.5 Å². The van der Waals surface area contributed by atoms with Crippen molar-refractivity contribution >= 4 is 11.9 Å². The molecule has 3 aromatic carbocycles. The monoisotopic (exact) mass is 465 g/mol. The molecule has 1 atom stereocenters. The van der Waals surface area contributed by atoms with Gasteiger partial charge < -0.3 is 14.2 Å². The van der Waals surface area contributed by atoms with E-state index in [1.54, 1.807) is 11.2 Å². The maximum absolute atomic E-state index is 14.1. The zero-order valence-electron chi connectivity index (χ0n) is 19.6. The molecule has 0 N–H and O–H groups in total. The van der Waals surface area contributed by atoms with Gasteiger partial charge in [0.1, 0.15) is 6.04 Å². The van der Waals surface area contributed by atoms with E-state index < -0.39 is 17.9 Å². The van der Waals surface area contributed by atoms with Crippen LogP contribution in [0.4, 0.5) is 0 Å². The molecule has 0 saturated heterocycles. The van der Waals surface area contributed by atoms with E-state index in [0.29, 0.717) is 13.0 Å². The third kappa shape index (κ3) is 4.60. The van der Waals surface area contributed by atoms with Gasteiger partial charge in [-0.05, 0) is 16.7 Å². The van der Waals surface area contributed by atoms with Crippen LogP contribution in [-0.4, -0.2) is 39.5 Å². The smallest absolute Gasteiger partial charge is 0.328 e. The summed E-state index contributed by atoms with van der Waals surface area (Å²) >= 11 is 0. The molecule has 0 spiro atoms. The van der Waals surface area contributed by atoms with E-state index in [9.17, 15) is 9.59 Å². The lowest BCUT2D eigenvalue weighted by atomic mass is 9.88. The Balaban J connectivity index is 1.51. The second-order valence-electron chi connectivity index (χ2n) is 8.72. The molecule has 35 heavy (non-hydrogen) atoms. The maximum Gasteiger partial charge on any atom is 0.328 e. The predicted octanol–water partition coefficient (Wildman–Crippen LogP) is 4.19. The Bertz CT molecular complexity index is 1260. The molecule has 0 saturated carbocycles. The molecule has 1 aliphatic rings. The second kappa shape index (κ2) is 9.97. The minimum Gasteiger partial charge on any atom is -0.467 e. The molecule has 0 aliphatic carbocycles. The highest BCUT2D eigenvalue weighted by Gasteiger charge is 2.40. The van der Waals surface area contributed by atoms with E-state index in [0.717, 1.165) is 28.1 Å². The fraction of sp³-hybridized carbons (Fsp3) is 0.207. The average Bonchev–Trinajstić information content (AvgIpc) is 3.31. The number of amides is 1. The number of carbonyl (C=O) groups excluding carboxylic acids is 2. The molecule has 1 amide bonds. The van der Waals surface area contributed by atoms with Gasteiger partial charge in [-0.2, -0.15) is 0 Å². The van der Waals surface area contributed by atoms with Crippen molar-refractivity contribution < 1.29 is 14.3 Å². The van der Waals surface area contributed by atoms with Crippen LogP contribution in [0.25, 0.3) is 0 Å². The van der Waals surface area contributed by atoms with E-state index in [1.807, 2.05) is 78.9 Å². The largest absolute Gasteiger partial charge is 0.467 e. The van der Waals surface area contributed by atoms with Gasteiger partial charge in [0, 0.05) is 18.7 Å². The van der Waals surface area contributed by atoms with Gasteiger partial charge in [-0.3, -0.25) is 4.79 Å². The number of imidazole rings is 1. The van der Waals surface area contributed by atoms with Crippen LogP contribution >= 0.6 is 0 Å². The van der Waals surface area contributed by atoms with Crippen molar-refractivity contribution in [3.63, 3.8) is 0 Å². The normalized spacial score (nSPS) is 15.0. The number of carbonyl (C=O) groups is 2. The molecule has 0 radical (unpaired) electrons. The van der Waals surface area contributed by atoms with E-state index in [-0.39, 0.29) is 12.5 Å². The minimum absolute atomic E-state index is 0.138. The van der Waals surface area contributed by atoms with Gasteiger partial charge in [0.15, 0.2) is 0 Å². The molecule has 5 rings (SSSR count). The highest BCUT2D eigenvalue weighted by Crippen LogP contribution is 2.32. The molecule has 0 bridgehead atoms. The zero-order chi connectivity index (χ0) is 24.2. The number of hydrogen-bond acceptors (Lipinski definition) is 4. The summed E-state index contributed by atoms with van der Waals surface area (Å²) in [6.07, 6.45) is 2.16.